The third-order valence-corrected chi connectivity index (χ3v) is 5.65. The van der Waals surface area contributed by atoms with Crippen LogP contribution in [0, 0.1) is 0 Å². The minimum Gasteiger partial charge on any atom is -0.462 e. The van der Waals surface area contributed by atoms with Crippen LogP contribution in [0.1, 0.15) is 17.3 Å². The summed E-state index contributed by atoms with van der Waals surface area (Å²) in [4.78, 5) is 23.2. The summed E-state index contributed by atoms with van der Waals surface area (Å²) in [5.41, 5.74) is 5.74. The number of ether oxygens (including phenoxy) is 1. The maximum absolute atomic E-state index is 12.6. The zero-order valence-corrected chi connectivity index (χ0v) is 15.6. The van der Waals surface area contributed by atoms with E-state index < -0.39 is 21.9 Å². The van der Waals surface area contributed by atoms with E-state index in [1.165, 1.54) is 24.3 Å². The number of rotatable bonds is 8. The zero-order chi connectivity index (χ0) is 19.2. The highest BCUT2D eigenvalue weighted by Gasteiger charge is 2.17. The minimum atomic E-state index is -3.86. The molecular weight excluding hydrogens is 376 g/mol. The first-order valence-electron chi connectivity index (χ1n) is 7.63. The van der Waals surface area contributed by atoms with Gasteiger partial charge in [0.1, 0.15) is 0 Å². The van der Waals surface area contributed by atoms with Crippen LogP contribution in [-0.2, 0) is 19.6 Å². The van der Waals surface area contributed by atoms with Crippen molar-refractivity contribution in [1.82, 2.24) is 0 Å². The lowest BCUT2D eigenvalue weighted by atomic mass is 10.2. The fourth-order valence-corrected chi connectivity index (χ4v) is 3.91. The lowest BCUT2D eigenvalue weighted by Gasteiger charge is -2.12. The molecule has 0 saturated carbocycles. The Balaban J connectivity index is 2.21. The first-order chi connectivity index (χ1) is 12.3. The van der Waals surface area contributed by atoms with Gasteiger partial charge in [-0.3, -0.25) is 9.52 Å². The van der Waals surface area contributed by atoms with Gasteiger partial charge in [-0.15, -0.1) is 11.8 Å². The largest absolute Gasteiger partial charge is 0.462 e. The van der Waals surface area contributed by atoms with Gasteiger partial charge in [-0.1, -0.05) is 12.1 Å². The smallest absolute Gasteiger partial charge is 0.338 e. The van der Waals surface area contributed by atoms with Gasteiger partial charge in [0.05, 0.1) is 28.5 Å². The van der Waals surface area contributed by atoms with E-state index in [0.717, 1.165) is 11.8 Å². The van der Waals surface area contributed by atoms with Crippen molar-refractivity contribution in [2.75, 3.05) is 17.1 Å². The molecule has 0 saturated heterocycles. The molecule has 0 fully saturated rings. The van der Waals surface area contributed by atoms with Gasteiger partial charge in [-0.05, 0) is 43.3 Å². The number of nitrogens with two attached hydrogens (primary N) is 1. The number of anilines is 1. The van der Waals surface area contributed by atoms with Crippen molar-refractivity contribution in [2.45, 2.75) is 16.7 Å². The van der Waals surface area contributed by atoms with E-state index in [-0.39, 0.29) is 22.8 Å². The van der Waals surface area contributed by atoms with E-state index in [2.05, 4.69) is 4.72 Å². The van der Waals surface area contributed by atoms with Crippen LogP contribution >= 0.6 is 11.8 Å². The molecule has 0 aromatic heterocycles. The zero-order valence-electron chi connectivity index (χ0n) is 14.0. The highest BCUT2D eigenvalue weighted by atomic mass is 32.2. The summed E-state index contributed by atoms with van der Waals surface area (Å²) in [6.45, 7) is 1.93. The number of carbonyl (C=O) groups is 2. The maximum Gasteiger partial charge on any atom is 0.338 e. The summed E-state index contributed by atoms with van der Waals surface area (Å²) in [6.07, 6.45) is 0. The standard InChI is InChI=1S/C17H18N2O5S2/c1-2-24-17(21)12-7-9-13(10-8-12)26(22,23)19-14-5-3-4-6-15(14)25-11-16(18)20/h3-10,19H,2,11H2,1H3,(H2,18,20). The Morgan fingerprint density at radius 1 is 1.12 bits per heavy atom. The van der Waals surface area contributed by atoms with Crippen LogP contribution in [0.25, 0.3) is 0 Å². The summed E-state index contributed by atoms with van der Waals surface area (Å²) in [5.74, 6) is -0.979. The molecule has 0 unspecified atom stereocenters. The molecule has 0 bridgehead atoms. The molecule has 1 amide bonds. The Hall–Kier alpha value is -2.52. The fraction of sp³-hybridized carbons (Fsp3) is 0.176. The first-order valence-corrected chi connectivity index (χ1v) is 10.1. The molecule has 0 atom stereocenters. The average Bonchev–Trinajstić information content (AvgIpc) is 2.61. The van der Waals surface area contributed by atoms with E-state index >= 15 is 0 Å². The third kappa shape index (κ3) is 5.24. The number of sulfonamides is 1. The predicted molar refractivity (Wildman–Crippen MR) is 99.6 cm³/mol. The van der Waals surface area contributed by atoms with Crippen molar-refractivity contribution in [1.29, 1.82) is 0 Å². The number of thioether (sulfide) groups is 1. The fourth-order valence-electron chi connectivity index (χ4n) is 2.01. The van der Waals surface area contributed by atoms with E-state index in [1.807, 2.05) is 0 Å². The Morgan fingerprint density at radius 2 is 1.77 bits per heavy atom. The monoisotopic (exact) mass is 394 g/mol. The molecule has 2 aromatic rings. The quantitative estimate of drug-likeness (QED) is 0.524. The average molecular weight is 394 g/mol. The molecule has 26 heavy (non-hydrogen) atoms. The molecule has 2 aromatic carbocycles. The van der Waals surface area contributed by atoms with Crippen LogP contribution in [0.5, 0.6) is 0 Å². The number of amides is 1. The van der Waals surface area contributed by atoms with E-state index in [4.69, 9.17) is 10.5 Å². The van der Waals surface area contributed by atoms with Crippen molar-refractivity contribution in [3.63, 3.8) is 0 Å². The number of primary amides is 1. The lowest BCUT2D eigenvalue weighted by molar-refractivity contribution is -0.115. The summed E-state index contributed by atoms with van der Waals surface area (Å²) >= 11 is 1.14. The molecule has 9 heteroatoms. The van der Waals surface area contributed by atoms with Gasteiger partial charge in [0, 0.05) is 4.90 Å². The predicted octanol–water partition coefficient (Wildman–Crippen LogP) is 2.24. The second-order valence-corrected chi connectivity index (χ2v) is 7.80. The van der Waals surface area contributed by atoms with Gasteiger partial charge in [-0.2, -0.15) is 0 Å². The maximum atomic E-state index is 12.6. The van der Waals surface area contributed by atoms with Crippen LogP contribution in [0.15, 0.2) is 58.3 Å². The molecule has 2 rings (SSSR count). The number of para-hydroxylation sites is 1. The third-order valence-electron chi connectivity index (χ3n) is 3.18. The molecular formula is C17H18N2O5S2. The molecule has 0 spiro atoms. The van der Waals surface area contributed by atoms with Crippen LogP contribution in [0.4, 0.5) is 5.69 Å². The second kappa shape index (κ2) is 8.72. The molecule has 0 heterocycles. The Morgan fingerprint density at radius 3 is 2.38 bits per heavy atom. The second-order valence-electron chi connectivity index (χ2n) is 5.10. The van der Waals surface area contributed by atoms with E-state index in [0.29, 0.717) is 10.6 Å². The van der Waals surface area contributed by atoms with Crippen molar-refractivity contribution in [2.24, 2.45) is 5.73 Å². The van der Waals surface area contributed by atoms with Crippen LogP contribution in [-0.4, -0.2) is 32.7 Å². The molecule has 0 aliphatic carbocycles. The molecule has 0 aliphatic rings. The molecule has 7 nitrogen and oxygen atoms in total. The van der Waals surface area contributed by atoms with Crippen molar-refractivity contribution >= 4 is 39.3 Å². The van der Waals surface area contributed by atoms with Crippen molar-refractivity contribution < 1.29 is 22.7 Å². The normalized spacial score (nSPS) is 11.0. The van der Waals surface area contributed by atoms with Gasteiger partial charge < -0.3 is 10.5 Å². The number of hydrogen-bond acceptors (Lipinski definition) is 6. The number of benzene rings is 2. The molecule has 138 valence electrons. The number of hydrogen-bond donors (Lipinski definition) is 2. The van der Waals surface area contributed by atoms with Crippen LogP contribution in [0.2, 0.25) is 0 Å². The van der Waals surface area contributed by atoms with Crippen molar-refractivity contribution in [3.8, 4) is 0 Å². The highest BCUT2D eigenvalue weighted by molar-refractivity contribution is 8.00. The SMILES string of the molecule is CCOC(=O)c1ccc(S(=O)(=O)Nc2ccccc2SCC(N)=O)cc1. The van der Waals surface area contributed by atoms with Crippen LogP contribution in [0.3, 0.4) is 0 Å². The van der Waals surface area contributed by atoms with Gasteiger partial charge in [0.25, 0.3) is 10.0 Å². The van der Waals surface area contributed by atoms with E-state index in [9.17, 15) is 18.0 Å². The Kier molecular flexibility index (Phi) is 6.64. The molecule has 0 radical (unpaired) electrons. The van der Waals surface area contributed by atoms with Crippen molar-refractivity contribution in [3.05, 3.63) is 54.1 Å². The number of carbonyl (C=O) groups excluding carboxylic acids is 2. The number of esters is 1. The topological polar surface area (TPSA) is 116 Å². The van der Waals surface area contributed by atoms with Gasteiger partial charge in [0.2, 0.25) is 5.91 Å². The molecule has 0 aliphatic heterocycles. The Bertz CT molecular complexity index is 896. The van der Waals surface area contributed by atoms with E-state index in [1.54, 1.807) is 31.2 Å². The van der Waals surface area contributed by atoms with Gasteiger partial charge >= 0.3 is 5.97 Å². The number of nitrogens with one attached hydrogen (secondary N) is 1. The van der Waals surface area contributed by atoms with Gasteiger partial charge in [-0.25, -0.2) is 13.2 Å². The minimum absolute atomic E-state index is 0.000234. The first kappa shape index (κ1) is 19.8. The summed E-state index contributed by atoms with van der Waals surface area (Å²) in [7, 11) is -3.86. The van der Waals surface area contributed by atoms with Crippen LogP contribution < -0.4 is 10.5 Å². The molecule has 3 N–H and O–H groups in total. The summed E-state index contributed by atoms with van der Waals surface area (Å²) in [6, 6.07) is 12.1. The Labute approximate surface area is 156 Å². The summed E-state index contributed by atoms with van der Waals surface area (Å²) in [5, 5.41) is 0. The van der Waals surface area contributed by atoms with Gasteiger partial charge in [0.15, 0.2) is 0 Å². The lowest BCUT2D eigenvalue weighted by Crippen LogP contribution is -2.15. The summed E-state index contributed by atoms with van der Waals surface area (Å²) < 4.78 is 32.5. The highest BCUT2D eigenvalue weighted by Crippen LogP contribution is 2.28.